The maximum atomic E-state index is 12.7. The fourth-order valence-corrected chi connectivity index (χ4v) is 5.96. The second-order valence-electron chi connectivity index (χ2n) is 16.0. The minimum absolute atomic E-state index is 0.00726. The molecule has 0 bridgehead atoms. The van der Waals surface area contributed by atoms with Crippen molar-refractivity contribution in [3.8, 4) is 0 Å². The average Bonchev–Trinajstić information content (AvgIpc) is 3.19. The molecule has 0 aromatic heterocycles. The molecule has 0 amide bonds. The standard InChI is InChI=1S/C51H83NO7/c1-6-8-10-12-14-16-18-20-22-24-26-28-30-32-34-36-38-40-42-50(54)59-47(45-57-44-43-48(51(55)56)52(3,4)5)46-58-49(53)41-39-37-35-33-31-29-27-25-23-21-19-17-15-13-11-9-7-2/h14-18,20-24,26-29,33,35,47-48H,6-13,19,25,30-32,34,36-46H2,1-5H3/b16-14+,17-15+,20-18+,23-21+,24-22+,28-26+,29-27+,35-33+. The number of ether oxygens (including phenoxy) is 3. The third-order valence-electron chi connectivity index (χ3n) is 9.54. The van der Waals surface area contributed by atoms with Gasteiger partial charge in [0.25, 0.3) is 0 Å². The Labute approximate surface area is 360 Å². The summed E-state index contributed by atoms with van der Waals surface area (Å²) in [6.45, 7) is 4.49. The zero-order valence-electron chi connectivity index (χ0n) is 37.9. The van der Waals surface area contributed by atoms with Gasteiger partial charge in [-0.05, 0) is 77.0 Å². The summed E-state index contributed by atoms with van der Waals surface area (Å²) in [5.41, 5.74) is 0. The summed E-state index contributed by atoms with van der Waals surface area (Å²) in [7, 11) is 5.37. The third kappa shape index (κ3) is 39.5. The van der Waals surface area contributed by atoms with Gasteiger partial charge < -0.3 is 28.6 Å². The van der Waals surface area contributed by atoms with E-state index in [1.54, 1.807) is 21.1 Å². The number of nitrogens with zero attached hydrogens (tertiary/aromatic N) is 1. The van der Waals surface area contributed by atoms with Crippen LogP contribution in [0.3, 0.4) is 0 Å². The lowest BCUT2D eigenvalue weighted by molar-refractivity contribution is -0.889. The van der Waals surface area contributed by atoms with E-state index in [-0.39, 0.29) is 55.5 Å². The van der Waals surface area contributed by atoms with Crippen LogP contribution in [0, 0.1) is 0 Å². The van der Waals surface area contributed by atoms with Crippen molar-refractivity contribution in [1.29, 1.82) is 0 Å². The van der Waals surface area contributed by atoms with Gasteiger partial charge in [-0.25, -0.2) is 0 Å². The summed E-state index contributed by atoms with van der Waals surface area (Å²) in [5, 5.41) is 11.6. The molecule has 0 aliphatic rings. The summed E-state index contributed by atoms with van der Waals surface area (Å²) >= 11 is 0. The van der Waals surface area contributed by atoms with Crippen molar-refractivity contribution in [2.24, 2.45) is 0 Å². The zero-order chi connectivity index (χ0) is 43.5. The predicted molar refractivity (Wildman–Crippen MR) is 245 cm³/mol. The van der Waals surface area contributed by atoms with E-state index in [1.807, 2.05) is 12.2 Å². The number of carbonyl (C=O) groups is 3. The Morgan fingerprint density at radius 2 is 0.983 bits per heavy atom. The first-order chi connectivity index (χ1) is 28.6. The minimum atomic E-state index is -1.14. The molecule has 0 saturated heterocycles. The molecular formula is C51H83NO7. The number of hydrogen-bond donors (Lipinski definition) is 0. The summed E-state index contributed by atoms with van der Waals surface area (Å²) in [4.78, 5) is 36.9. The van der Waals surface area contributed by atoms with Crippen LogP contribution in [0.4, 0.5) is 0 Å². The Kier molecular flexibility index (Phi) is 38.4. The van der Waals surface area contributed by atoms with Gasteiger partial charge in [0.1, 0.15) is 12.6 Å². The van der Waals surface area contributed by atoms with E-state index in [4.69, 9.17) is 14.2 Å². The highest BCUT2D eigenvalue weighted by molar-refractivity contribution is 5.70. The number of hydrogen-bond acceptors (Lipinski definition) is 7. The van der Waals surface area contributed by atoms with Crippen LogP contribution in [0.25, 0.3) is 0 Å². The molecule has 0 aliphatic carbocycles. The molecule has 8 heteroatoms. The van der Waals surface area contributed by atoms with Gasteiger partial charge in [-0.1, -0.05) is 156 Å². The molecule has 59 heavy (non-hydrogen) atoms. The second kappa shape index (κ2) is 41.0. The van der Waals surface area contributed by atoms with E-state index < -0.39 is 18.1 Å². The van der Waals surface area contributed by atoms with E-state index in [1.165, 1.54) is 44.9 Å². The number of rotatable bonds is 39. The molecule has 0 aromatic rings. The van der Waals surface area contributed by atoms with E-state index in [0.717, 1.165) is 70.6 Å². The highest BCUT2D eigenvalue weighted by Crippen LogP contribution is 2.12. The first-order valence-electron chi connectivity index (χ1n) is 22.8. The van der Waals surface area contributed by atoms with Crippen LogP contribution in [0.2, 0.25) is 0 Å². The number of aliphatic carboxylic acids is 1. The lowest BCUT2D eigenvalue weighted by Crippen LogP contribution is -2.55. The lowest BCUT2D eigenvalue weighted by atomic mass is 10.1. The number of esters is 2. The average molecular weight is 822 g/mol. The van der Waals surface area contributed by atoms with Crippen molar-refractivity contribution < 1.29 is 38.2 Å². The first kappa shape index (κ1) is 55.2. The van der Waals surface area contributed by atoms with Crippen LogP contribution >= 0.6 is 0 Å². The number of likely N-dealkylation sites (N-methyl/N-ethyl adjacent to an activating group) is 1. The van der Waals surface area contributed by atoms with Gasteiger partial charge in [0.2, 0.25) is 0 Å². The summed E-state index contributed by atoms with van der Waals surface area (Å²) in [5.74, 6) is -1.85. The van der Waals surface area contributed by atoms with Gasteiger partial charge in [0.15, 0.2) is 6.10 Å². The zero-order valence-corrected chi connectivity index (χ0v) is 37.9. The van der Waals surface area contributed by atoms with Crippen LogP contribution in [-0.4, -0.2) is 75.5 Å². The van der Waals surface area contributed by atoms with E-state index in [2.05, 4.69) is 98.9 Å². The number of carboxylic acids is 1. The molecular weight excluding hydrogens is 739 g/mol. The minimum Gasteiger partial charge on any atom is -0.544 e. The predicted octanol–water partition coefficient (Wildman–Crippen LogP) is 11.4. The number of unbranched alkanes of at least 4 members (excludes halogenated alkanes) is 12. The van der Waals surface area contributed by atoms with E-state index in [0.29, 0.717) is 6.42 Å². The van der Waals surface area contributed by atoms with Gasteiger partial charge in [-0.15, -0.1) is 0 Å². The number of carbonyl (C=O) groups excluding carboxylic acids is 3. The maximum absolute atomic E-state index is 12.7. The molecule has 0 rings (SSSR count). The fourth-order valence-electron chi connectivity index (χ4n) is 5.96. The first-order valence-corrected chi connectivity index (χ1v) is 22.8. The smallest absolute Gasteiger partial charge is 0.306 e. The van der Waals surface area contributed by atoms with Crippen LogP contribution in [0.15, 0.2) is 97.2 Å². The highest BCUT2D eigenvalue weighted by atomic mass is 16.6. The van der Waals surface area contributed by atoms with Crippen LogP contribution in [-0.2, 0) is 28.6 Å². The third-order valence-corrected chi connectivity index (χ3v) is 9.54. The van der Waals surface area contributed by atoms with Crippen LogP contribution in [0.1, 0.15) is 155 Å². The molecule has 0 aliphatic heterocycles. The van der Waals surface area contributed by atoms with Crippen molar-refractivity contribution >= 4 is 17.9 Å². The normalized spacial score (nSPS) is 13.8. The Morgan fingerprint density at radius 1 is 0.525 bits per heavy atom. The molecule has 2 unspecified atom stereocenters. The fraction of sp³-hybridized carbons (Fsp3) is 0.627. The lowest BCUT2D eigenvalue weighted by Gasteiger charge is -2.34. The Balaban J connectivity index is 4.50. The topological polar surface area (TPSA) is 102 Å². The molecule has 0 spiro atoms. The number of carboxylic acid groups (broad SMARTS) is 1. The van der Waals surface area contributed by atoms with Gasteiger partial charge >= 0.3 is 11.9 Å². The summed E-state index contributed by atoms with van der Waals surface area (Å²) in [6, 6.07) is -0.744. The largest absolute Gasteiger partial charge is 0.544 e. The van der Waals surface area contributed by atoms with Crippen molar-refractivity contribution in [2.45, 2.75) is 167 Å². The van der Waals surface area contributed by atoms with Crippen LogP contribution in [0.5, 0.6) is 0 Å². The van der Waals surface area contributed by atoms with E-state index in [9.17, 15) is 19.5 Å². The molecule has 0 aromatic carbocycles. The van der Waals surface area contributed by atoms with Gasteiger partial charge in [-0.2, -0.15) is 0 Å². The van der Waals surface area contributed by atoms with Crippen molar-refractivity contribution in [3.63, 3.8) is 0 Å². The SMILES string of the molecule is CCCCC/C=C/C=C/C=C/C=C/CCCCCCCC(=O)OC(COCCC(C(=O)[O-])[N+](C)(C)C)COC(=O)CCC/C=C/C/C=C/C/C=C/C/C=C/CCCCC. The van der Waals surface area contributed by atoms with Crippen molar-refractivity contribution in [2.75, 3.05) is 41.0 Å². The molecule has 0 fully saturated rings. The molecule has 8 nitrogen and oxygen atoms in total. The molecule has 2 atom stereocenters. The Bertz CT molecular complexity index is 1280. The van der Waals surface area contributed by atoms with Crippen molar-refractivity contribution in [1.82, 2.24) is 0 Å². The second-order valence-corrected chi connectivity index (χ2v) is 16.0. The number of quaternary nitrogens is 1. The van der Waals surface area contributed by atoms with Crippen LogP contribution < -0.4 is 5.11 Å². The van der Waals surface area contributed by atoms with E-state index >= 15 is 0 Å². The van der Waals surface area contributed by atoms with Crippen molar-refractivity contribution in [3.05, 3.63) is 97.2 Å². The highest BCUT2D eigenvalue weighted by Gasteiger charge is 2.25. The molecule has 0 heterocycles. The molecule has 334 valence electrons. The summed E-state index contributed by atoms with van der Waals surface area (Å²) < 4.78 is 17.1. The molecule has 0 radical (unpaired) electrons. The summed E-state index contributed by atoms with van der Waals surface area (Å²) in [6.07, 6.45) is 54.3. The Morgan fingerprint density at radius 3 is 1.53 bits per heavy atom. The van der Waals surface area contributed by atoms with Gasteiger partial charge in [-0.3, -0.25) is 9.59 Å². The monoisotopic (exact) mass is 822 g/mol. The number of allylic oxidation sites excluding steroid dienone is 16. The molecule has 0 N–H and O–H groups in total. The molecule has 0 saturated carbocycles. The maximum Gasteiger partial charge on any atom is 0.306 e. The quantitative estimate of drug-likeness (QED) is 0.0200. The van der Waals surface area contributed by atoms with Gasteiger partial charge in [0.05, 0.1) is 40.3 Å². The van der Waals surface area contributed by atoms with Gasteiger partial charge in [0, 0.05) is 19.3 Å². The Hall–Kier alpha value is -3.75.